The Morgan fingerprint density at radius 1 is 1.40 bits per heavy atom. The summed E-state index contributed by atoms with van der Waals surface area (Å²) in [5.74, 6) is -1.19. The number of ether oxygens (including phenoxy) is 1. The van der Waals surface area contributed by atoms with Crippen LogP contribution in [0.5, 0.6) is 0 Å². The summed E-state index contributed by atoms with van der Waals surface area (Å²) in [5, 5.41) is 0. The molecule has 4 nitrogen and oxygen atoms in total. The van der Waals surface area contributed by atoms with Crippen molar-refractivity contribution in [2.45, 2.75) is 12.8 Å². The van der Waals surface area contributed by atoms with Crippen molar-refractivity contribution >= 4 is 11.9 Å². The van der Waals surface area contributed by atoms with Gasteiger partial charge in [-0.1, -0.05) is 6.08 Å². The van der Waals surface area contributed by atoms with E-state index in [0.29, 0.717) is 12.0 Å². The molecule has 0 fully saturated rings. The van der Waals surface area contributed by atoms with Crippen LogP contribution in [0.1, 0.15) is 23.2 Å². The fourth-order valence-electron chi connectivity index (χ4n) is 0.921. The smallest absolute Gasteiger partial charge is 0.345 e. The van der Waals surface area contributed by atoms with E-state index in [1.165, 1.54) is 24.5 Å². The predicted molar refractivity (Wildman–Crippen MR) is 54.1 cm³/mol. The second-order valence-electron chi connectivity index (χ2n) is 2.82. The number of pyridine rings is 1. The van der Waals surface area contributed by atoms with Crippen molar-refractivity contribution in [3.05, 3.63) is 42.7 Å². The van der Waals surface area contributed by atoms with Crippen LogP contribution < -0.4 is 0 Å². The summed E-state index contributed by atoms with van der Waals surface area (Å²) in [6, 6.07) is 2.98. The first-order chi connectivity index (χ1) is 7.24. The number of carbonyl (C=O) groups excluding carboxylic acids is 2. The Kier molecular flexibility index (Phi) is 4.22. The topological polar surface area (TPSA) is 56.3 Å². The molecule has 1 heterocycles. The molecular formula is C11H11NO3. The monoisotopic (exact) mass is 205 g/mol. The molecule has 1 aromatic heterocycles. The first-order valence-electron chi connectivity index (χ1n) is 4.50. The lowest BCUT2D eigenvalue weighted by atomic mass is 10.3. The Balaban J connectivity index is 2.49. The van der Waals surface area contributed by atoms with Gasteiger partial charge in [-0.3, -0.25) is 9.78 Å². The molecule has 0 aliphatic rings. The third kappa shape index (κ3) is 3.72. The van der Waals surface area contributed by atoms with Gasteiger partial charge >= 0.3 is 11.9 Å². The number of esters is 2. The van der Waals surface area contributed by atoms with E-state index in [-0.39, 0.29) is 6.42 Å². The Morgan fingerprint density at radius 2 is 2.07 bits per heavy atom. The molecule has 0 amide bonds. The van der Waals surface area contributed by atoms with Crippen LogP contribution in [0.4, 0.5) is 0 Å². The summed E-state index contributed by atoms with van der Waals surface area (Å²) in [7, 11) is 0. The van der Waals surface area contributed by atoms with Gasteiger partial charge in [0, 0.05) is 18.8 Å². The second-order valence-corrected chi connectivity index (χ2v) is 2.82. The molecule has 0 saturated heterocycles. The first kappa shape index (κ1) is 11.1. The van der Waals surface area contributed by atoms with Crippen molar-refractivity contribution in [1.82, 2.24) is 4.98 Å². The van der Waals surface area contributed by atoms with Gasteiger partial charge in [-0.15, -0.1) is 6.58 Å². The van der Waals surface area contributed by atoms with Crippen LogP contribution in [-0.4, -0.2) is 16.9 Å². The number of rotatable bonds is 4. The maximum Gasteiger partial charge on any atom is 0.345 e. The maximum absolute atomic E-state index is 11.3. The number of nitrogens with zero attached hydrogens (tertiary/aromatic N) is 1. The van der Waals surface area contributed by atoms with Crippen LogP contribution in [0, 0.1) is 0 Å². The molecule has 4 heteroatoms. The van der Waals surface area contributed by atoms with Gasteiger partial charge in [0.15, 0.2) is 0 Å². The van der Waals surface area contributed by atoms with Crippen molar-refractivity contribution in [2.75, 3.05) is 0 Å². The molecular weight excluding hydrogens is 194 g/mol. The normalized spacial score (nSPS) is 9.33. The quantitative estimate of drug-likeness (QED) is 0.426. The summed E-state index contributed by atoms with van der Waals surface area (Å²) in [6.07, 6.45) is 5.19. The zero-order chi connectivity index (χ0) is 11.1. The molecule has 1 aromatic rings. The van der Waals surface area contributed by atoms with Crippen LogP contribution in [0.25, 0.3) is 0 Å². The molecule has 0 N–H and O–H groups in total. The largest absolute Gasteiger partial charge is 0.389 e. The number of hydrogen-bond acceptors (Lipinski definition) is 4. The van der Waals surface area contributed by atoms with Crippen molar-refractivity contribution < 1.29 is 14.3 Å². The first-order valence-corrected chi connectivity index (χ1v) is 4.50. The Bertz CT molecular complexity index is 359. The van der Waals surface area contributed by atoms with Gasteiger partial charge in [-0.25, -0.2) is 4.79 Å². The van der Waals surface area contributed by atoms with Gasteiger partial charge in [0.05, 0.1) is 5.56 Å². The van der Waals surface area contributed by atoms with Gasteiger partial charge in [0.25, 0.3) is 0 Å². The molecule has 0 saturated carbocycles. The van der Waals surface area contributed by atoms with E-state index in [1.54, 1.807) is 6.08 Å². The predicted octanol–water partition coefficient (Wildman–Crippen LogP) is 1.73. The summed E-state index contributed by atoms with van der Waals surface area (Å²) >= 11 is 0. The summed E-state index contributed by atoms with van der Waals surface area (Å²) in [5.41, 5.74) is 0.317. The minimum absolute atomic E-state index is 0.167. The van der Waals surface area contributed by atoms with E-state index >= 15 is 0 Å². The number of carbonyl (C=O) groups is 2. The average Bonchev–Trinajstić information content (AvgIpc) is 2.27. The van der Waals surface area contributed by atoms with E-state index in [4.69, 9.17) is 0 Å². The molecule has 0 spiro atoms. The van der Waals surface area contributed by atoms with Gasteiger partial charge in [0.2, 0.25) is 0 Å². The Labute approximate surface area is 87.6 Å². The molecule has 15 heavy (non-hydrogen) atoms. The molecule has 0 aliphatic heterocycles. The fourth-order valence-corrected chi connectivity index (χ4v) is 0.921. The molecule has 0 unspecified atom stereocenters. The van der Waals surface area contributed by atoms with Crippen LogP contribution in [0.2, 0.25) is 0 Å². The third-order valence-corrected chi connectivity index (χ3v) is 1.68. The fraction of sp³-hybridized carbons (Fsp3) is 0.182. The molecule has 1 rings (SSSR count). The van der Waals surface area contributed by atoms with Crippen molar-refractivity contribution in [2.24, 2.45) is 0 Å². The van der Waals surface area contributed by atoms with Crippen molar-refractivity contribution in [3.63, 3.8) is 0 Å². The maximum atomic E-state index is 11.3. The van der Waals surface area contributed by atoms with E-state index in [2.05, 4.69) is 16.3 Å². The minimum atomic E-state index is -0.647. The SMILES string of the molecule is C=CCCC(=O)OC(=O)c1ccncc1. The van der Waals surface area contributed by atoms with E-state index in [0.717, 1.165) is 0 Å². The van der Waals surface area contributed by atoms with Gasteiger partial charge in [-0.05, 0) is 18.6 Å². The number of allylic oxidation sites excluding steroid dienone is 1. The summed E-state index contributed by atoms with van der Waals surface area (Å²) < 4.78 is 4.59. The summed E-state index contributed by atoms with van der Waals surface area (Å²) in [6.45, 7) is 3.47. The van der Waals surface area contributed by atoms with Crippen LogP contribution in [0.15, 0.2) is 37.2 Å². The minimum Gasteiger partial charge on any atom is -0.389 e. The molecule has 0 radical (unpaired) electrons. The highest BCUT2D eigenvalue weighted by Crippen LogP contribution is 2.01. The standard InChI is InChI=1S/C11H11NO3/c1-2-3-4-10(13)15-11(14)9-5-7-12-8-6-9/h2,5-8H,1,3-4H2. The molecule has 0 bridgehead atoms. The third-order valence-electron chi connectivity index (χ3n) is 1.68. The highest BCUT2D eigenvalue weighted by atomic mass is 16.6. The van der Waals surface area contributed by atoms with Gasteiger partial charge in [-0.2, -0.15) is 0 Å². The van der Waals surface area contributed by atoms with E-state index < -0.39 is 11.9 Å². The molecule has 0 aromatic carbocycles. The van der Waals surface area contributed by atoms with Crippen molar-refractivity contribution in [3.8, 4) is 0 Å². The summed E-state index contributed by atoms with van der Waals surface area (Å²) in [4.78, 5) is 26.2. The van der Waals surface area contributed by atoms with Crippen LogP contribution in [0.3, 0.4) is 0 Å². The zero-order valence-electron chi connectivity index (χ0n) is 8.18. The zero-order valence-corrected chi connectivity index (χ0v) is 8.18. The van der Waals surface area contributed by atoms with Gasteiger partial charge in [0.1, 0.15) is 0 Å². The molecule has 0 atom stereocenters. The molecule has 78 valence electrons. The highest BCUT2D eigenvalue weighted by molar-refractivity contribution is 5.96. The lowest BCUT2D eigenvalue weighted by Gasteiger charge is -2.00. The Hall–Kier alpha value is -1.97. The average molecular weight is 205 g/mol. The number of aromatic nitrogens is 1. The molecule has 0 aliphatic carbocycles. The van der Waals surface area contributed by atoms with Crippen LogP contribution >= 0.6 is 0 Å². The Morgan fingerprint density at radius 3 is 2.67 bits per heavy atom. The van der Waals surface area contributed by atoms with E-state index in [9.17, 15) is 9.59 Å². The number of hydrogen-bond donors (Lipinski definition) is 0. The van der Waals surface area contributed by atoms with Gasteiger partial charge < -0.3 is 4.74 Å². The second kappa shape index (κ2) is 5.70. The lowest BCUT2D eigenvalue weighted by molar-refractivity contribution is -0.137. The highest BCUT2D eigenvalue weighted by Gasteiger charge is 2.11. The van der Waals surface area contributed by atoms with E-state index in [1.807, 2.05) is 0 Å². The lowest BCUT2D eigenvalue weighted by Crippen LogP contribution is -2.12. The van der Waals surface area contributed by atoms with Crippen molar-refractivity contribution in [1.29, 1.82) is 0 Å². The van der Waals surface area contributed by atoms with Crippen LogP contribution in [-0.2, 0) is 9.53 Å².